The van der Waals surface area contributed by atoms with Gasteiger partial charge in [-0.05, 0) is 37.5 Å². The summed E-state index contributed by atoms with van der Waals surface area (Å²) in [5.41, 5.74) is 1.32. The quantitative estimate of drug-likeness (QED) is 0.838. The molecule has 128 valence electrons. The van der Waals surface area contributed by atoms with E-state index in [1.807, 2.05) is 6.92 Å². The number of rotatable bonds is 6. The highest BCUT2D eigenvalue weighted by Gasteiger charge is 2.24. The smallest absolute Gasteiger partial charge is 0.249 e. The van der Waals surface area contributed by atoms with Crippen LogP contribution in [-0.2, 0) is 19.6 Å². The molecule has 0 aromatic heterocycles. The maximum Gasteiger partial charge on any atom is 0.249 e. The number of benzene rings is 1. The van der Waals surface area contributed by atoms with Crippen LogP contribution in [0.3, 0.4) is 0 Å². The van der Waals surface area contributed by atoms with E-state index in [-0.39, 0.29) is 19.0 Å². The van der Waals surface area contributed by atoms with Crippen molar-refractivity contribution in [2.75, 3.05) is 30.3 Å². The van der Waals surface area contributed by atoms with Crippen LogP contribution in [0, 0.1) is 6.92 Å². The number of carbonyl (C=O) groups is 1. The molecule has 0 spiro atoms. The summed E-state index contributed by atoms with van der Waals surface area (Å²) >= 11 is 5.97. The van der Waals surface area contributed by atoms with E-state index in [0.717, 1.165) is 18.2 Å². The van der Waals surface area contributed by atoms with E-state index in [0.29, 0.717) is 23.7 Å². The summed E-state index contributed by atoms with van der Waals surface area (Å²) in [5.74, 6) is -0.196. The fourth-order valence-electron chi connectivity index (χ4n) is 2.50. The van der Waals surface area contributed by atoms with Gasteiger partial charge in [0.05, 0.1) is 18.5 Å². The minimum atomic E-state index is -3.48. The highest BCUT2D eigenvalue weighted by molar-refractivity contribution is 7.92. The second kappa shape index (κ2) is 7.51. The van der Waals surface area contributed by atoms with Gasteiger partial charge in [-0.3, -0.25) is 9.10 Å². The van der Waals surface area contributed by atoms with Gasteiger partial charge in [0.2, 0.25) is 15.9 Å². The number of ether oxygens (including phenoxy) is 1. The maximum atomic E-state index is 12.1. The molecule has 23 heavy (non-hydrogen) atoms. The zero-order valence-electron chi connectivity index (χ0n) is 13.2. The second-order valence-corrected chi connectivity index (χ2v) is 7.90. The number of nitrogens with one attached hydrogen (secondary N) is 1. The molecule has 1 aromatic rings. The molecule has 0 radical (unpaired) electrons. The Hall–Kier alpha value is -1.31. The Kier molecular flexibility index (Phi) is 5.89. The van der Waals surface area contributed by atoms with Gasteiger partial charge in [0.15, 0.2) is 0 Å². The van der Waals surface area contributed by atoms with Crippen LogP contribution < -0.4 is 9.62 Å². The van der Waals surface area contributed by atoms with E-state index in [9.17, 15) is 13.2 Å². The van der Waals surface area contributed by atoms with Crippen molar-refractivity contribution in [1.82, 2.24) is 5.32 Å². The SMILES string of the molecule is Cc1ccc(Cl)cc1N(CCNC(=O)C1CCCO1)S(C)(=O)=O. The Bertz CT molecular complexity index is 672. The third kappa shape index (κ3) is 4.83. The van der Waals surface area contributed by atoms with Gasteiger partial charge in [0.25, 0.3) is 0 Å². The van der Waals surface area contributed by atoms with Crippen molar-refractivity contribution in [3.05, 3.63) is 28.8 Å². The molecule has 2 rings (SSSR count). The van der Waals surface area contributed by atoms with Gasteiger partial charge in [0, 0.05) is 18.2 Å². The number of hydrogen-bond donors (Lipinski definition) is 1. The topological polar surface area (TPSA) is 75.7 Å². The zero-order valence-corrected chi connectivity index (χ0v) is 14.8. The van der Waals surface area contributed by atoms with E-state index in [1.54, 1.807) is 18.2 Å². The highest BCUT2D eigenvalue weighted by atomic mass is 35.5. The number of carbonyl (C=O) groups excluding carboxylic acids is 1. The van der Waals surface area contributed by atoms with E-state index >= 15 is 0 Å². The summed E-state index contributed by atoms with van der Waals surface area (Å²) in [6.07, 6.45) is 2.29. The summed E-state index contributed by atoms with van der Waals surface area (Å²) < 4.78 is 30.7. The van der Waals surface area contributed by atoms with Crippen molar-refractivity contribution in [2.24, 2.45) is 0 Å². The summed E-state index contributed by atoms with van der Waals surface area (Å²) in [6, 6.07) is 5.08. The Labute approximate surface area is 141 Å². The predicted molar refractivity (Wildman–Crippen MR) is 90.4 cm³/mol. The first-order valence-corrected chi connectivity index (χ1v) is 9.65. The van der Waals surface area contributed by atoms with Gasteiger partial charge in [-0.15, -0.1) is 0 Å². The Morgan fingerprint density at radius 2 is 2.22 bits per heavy atom. The Morgan fingerprint density at radius 3 is 2.83 bits per heavy atom. The lowest BCUT2D eigenvalue weighted by molar-refractivity contribution is -0.129. The molecule has 1 fully saturated rings. The first kappa shape index (κ1) is 18.0. The van der Waals surface area contributed by atoms with Gasteiger partial charge in [0.1, 0.15) is 6.10 Å². The largest absolute Gasteiger partial charge is 0.368 e. The molecular weight excluding hydrogens is 340 g/mol. The minimum Gasteiger partial charge on any atom is -0.368 e. The molecule has 1 aromatic carbocycles. The first-order valence-electron chi connectivity index (χ1n) is 7.42. The fraction of sp³-hybridized carbons (Fsp3) is 0.533. The van der Waals surface area contributed by atoms with Crippen LogP contribution in [0.25, 0.3) is 0 Å². The van der Waals surface area contributed by atoms with Crippen LogP contribution in [0.5, 0.6) is 0 Å². The molecule has 1 saturated heterocycles. The molecule has 1 aliphatic rings. The van der Waals surface area contributed by atoms with Crippen molar-refractivity contribution in [3.63, 3.8) is 0 Å². The minimum absolute atomic E-state index is 0.137. The first-order chi connectivity index (χ1) is 10.8. The maximum absolute atomic E-state index is 12.1. The molecule has 1 atom stereocenters. The van der Waals surface area contributed by atoms with Crippen molar-refractivity contribution >= 4 is 33.2 Å². The standard InChI is InChI=1S/C15H21ClN2O4S/c1-11-5-6-12(16)10-13(11)18(23(2,20)21)8-7-17-15(19)14-4-3-9-22-14/h5-6,10,14H,3-4,7-9H2,1-2H3,(H,17,19). The average molecular weight is 361 g/mol. The zero-order chi connectivity index (χ0) is 17.0. The van der Waals surface area contributed by atoms with Crippen molar-refractivity contribution < 1.29 is 17.9 Å². The van der Waals surface area contributed by atoms with Gasteiger partial charge in [-0.1, -0.05) is 17.7 Å². The summed E-state index contributed by atoms with van der Waals surface area (Å²) in [4.78, 5) is 11.9. The molecule has 1 unspecified atom stereocenters. The van der Waals surface area contributed by atoms with Crippen LogP contribution in [0.4, 0.5) is 5.69 Å². The molecule has 0 bridgehead atoms. The lowest BCUT2D eigenvalue weighted by Gasteiger charge is -2.24. The van der Waals surface area contributed by atoms with Crippen molar-refractivity contribution in [1.29, 1.82) is 0 Å². The van der Waals surface area contributed by atoms with Gasteiger partial charge < -0.3 is 10.1 Å². The lowest BCUT2D eigenvalue weighted by Crippen LogP contribution is -2.41. The van der Waals surface area contributed by atoms with Crippen LogP contribution in [0.15, 0.2) is 18.2 Å². The number of amides is 1. The van der Waals surface area contributed by atoms with Gasteiger partial charge >= 0.3 is 0 Å². The van der Waals surface area contributed by atoms with E-state index < -0.39 is 16.1 Å². The second-order valence-electron chi connectivity index (χ2n) is 5.56. The monoisotopic (exact) mass is 360 g/mol. The molecule has 0 saturated carbocycles. The number of sulfonamides is 1. The number of anilines is 1. The van der Waals surface area contributed by atoms with Crippen LogP contribution in [0.2, 0.25) is 5.02 Å². The van der Waals surface area contributed by atoms with Crippen LogP contribution >= 0.6 is 11.6 Å². The van der Waals surface area contributed by atoms with Gasteiger partial charge in [-0.25, -0.2) is 8.42 Å². The van der Waals surface area contributed by atoms with Crippen molar-refractivity contribution in [3.8, 4) is 0 Å². The fourth-order valence-corrected chi connectivity index (χ4v) is 3.64. The third-order valence-corrected chi connectivity index (χ3v) is 5.09. The molecular formula is C15H21ClN2O4S. The van der Waals surface area contributed by atoms with Crippen molar-refractivity contribution in [2.45, 2.75) is 25.9 Å². The molecule has 1 amide bonds. The number of halogens is 1. The molecule has 0 aliphatic carbocycles. The Balaban J connectivity index is 2.05. The normalized spacial score (nSPS) is 18.0. The number of hydrogen-bond acceptors (Lipinski definition) is 4. The molecule has 8 heteroatoms. The highest BCUT2D eigenvalue weighted by Crippen LogP contribution is 2.26. The lowest BCUT2D eigenvalue weighted by atomic mass is 10.2. The summed E-state index contributed by atoms with van der Waals surface area (Å²) in [6.45, 7) is 2.75. The van der Waals surface area contributed by atoms with Crippen LogP contribution in [0.1, 0.15) is 18.4 Å². The molecule has 1 N–H and O–H groups in total. The third-order valence-electron chi connectivity index (χ3n) is 3.68. The van der Waals surface area contributed by atoms with E-state index in [2.05, 4.69) is 5.32 Å². The predicted octanol–water partition coefficient (Wildman–Crippen LogP) is 1.71. The molecule has 6 nitrogen and oxygen atoms in total. The number of aryl methyl sites for hydroxylation is 1. The molecule has 1 heterocycles. The average Bonchev–Trinajstić information content (AvgIpc) is 2.99. The van der Waals surface area contributed by atoms with E-state index in [1.165, 1.54) is 4.31 Å². The molecule has 1 aliphatic heterocycles. The summed E-state index contributed by atoms with van der Waals surface area (Å²) in [7, 11) is -3.48. The van der Waals surface area contributed by atoms with E-state index in [4.69, 9.17) is 16.3 Å². The summed E-state index contributed by atoms with van der Waals surface area (Å²) in [5, 5.41) is 3.19. The van der Waals surface area contributed by atoms with Crippen LogP contribution in [-0.4, -0.2) is 46.4 Å². The number of nitrogens with zero attached hydrogens (tertiary/aromatic N) is 1. The Morgan fingerprint density at radius 1 is 1.48 bits per heavy atom. The van der Waals surface area contributed by atoms with Gasteiger partial charge in [-0.2, -0.15) is 0 Å².